The van der Waals surface area contributed by atoms with Crippen molar-refractivity contribution in [2.45, 2.75) is 6.42 Å². The number of allylic oxidation sites excluding steroid dienone is 1. The van der Waals surface area contributed by atoms with E-state index < -0.39 is 5.97 Å². The van der Waals surface area contributed by atoms with Gasteiger partial charge < -0.3 is 10.0 Å². The van der Waals surface area contributed by atoms with E-state index in [0.717, 1.165) is 39.1 Å². The molecule has 2 aromatic carbocycles. The summed E-state index contributed by atoms with van der Waals surface area (Å²) in [4.78, 5) is 17.9. The highest BCUT2D eigenvalue weighted by atomic mass is 19.1. The molecule has 0 saturated carbocycles. The first kappa shape index (κ1) is 19.0. The van der Waals surface area contributed by atoms with Crippen molar-refractivity contribution in [3.8, 4) is 0 Å². The lowest BCUT2D eigenvalue weighted by molar-refractivity contribution is 0.0695. The third kappa shape index (κ3) is 3.15. The molecule has 0 amide bonds. The molecule has 6 nitrogen and oxygen atoms in total. The van der Waals surface area contributed by atoms with Gasteiger partial charge in [0.15, 0.2) is 0 Å². The number of anilines is 2. The molecular formula is C24H19FN4O2. The Labute approximate surface area is 177 Å². The van der Waals surface area contributed by atoms with Gasteiger partial charge in [-0.1, -0.05) is 0 Å². The Bertz CT molecular complexity index is 1370. The van der Waals surface area contributed by atoms with E-state index in [1.54, 1.807) is 12.1 Å². The number of aromatic nitrogens is 3. The lowest BCUT2D eigenvalue weighted by Gasteiger charge is -2.19. The SMILES string of the molecule is CN(c1ccc(F)cc1)c1ccc2c(C3=Cc4nccc(C(=O)O)c4C3)n(C)nc2c1. The first-order chi connectivity index (χ1) is 14.9. The van der Waals surface area contributed by atoms with Gasteiger partial charge in [-0.15, -0.1) is 0 Å². The van der Waals surface area contributed by atoms with Gasteiger partial charge in [-0.05, 0) is 65.7 Å². The number of aromatic carboxylic acids is 1. The first-order valence-electron chi connectivity index (χ1n) is 9.80. The summed E-state index contributed by atoms with van der Waals surface area (Å²) in [7, 11) is 3.81. The molecule has 2 heterocycles. The Hall–Kier alpha value is -4.00. The molecule has 1 aliphatic rings. The number of fused-ring (bicyclic) bond motifs is 2. The van der Waals surface area contributed by atoms with Crippen LogP contribution in [0.1, 0.15) is 27.3 Å². The molecule has 0 unspecified atom stereocenters. The highest BCUT2D eigenvalue weighted by molar-refractivity contribution is 6.01. The van der Waals surface area contributed by atoms with Crippen LogP contribution in [0.5, 0.6) is 0 Å². The predicted octanol–water partition coefficient (Wildman–Crippen LogP) is 4.67. The van der Waals surface area contributed by atoms with Crippen LogP contribution in [0.15, 0.2) is 54.7 Å². The fraction of sp³-hybridized carbons (Fsp3) is 0.125. The quantitative estimate of drug-likeness (QED) is 0.525. The summed E-state index contributed by atoms with van der Waals surface area (Å²) in [6.45, 7) is 0. The minimum atomic E-state index is -0.948. The molecule has 0 aliphatic heterocycles. The summed E-state index contributed by atoms with van der Waals surface area (Å²) in [6, 6.07) is 13.9. The van der Waals surface area contributed by atoms with Crippen molar-refractivity contribution in [3.63, 3.8) is 0 Å². The summed E-state index contributed by atoms with van der Waals surface area (Å²) in [5.74, 6) is -1.22. The second-order valence-electron chi connectivity index (χ2n) is 7.58. The first-order valence-corrected chi connectivity index (χ1v) is 9.80. The molecular weight excluding hydrogens is 395 g/mol. The second-order valence-corrected chi connectivity index (χ2v) is 7.58. The van der Waals surface area contributed by atoms with Crippen LogP contribution in [-0.4, -0.2) is 32.9 Å². The molecule has 1 aliphatic carbocycles. The van der Waals surface area contributed by atoms with E-state index >= 15 is 0 Å². The minimum Gasteiger partial charge on any atom is -0.478 e. The lowest BCUT2D eigenvalue weighted by atomic mass is 10.0. The molecule has 0 saturated heterocycles. The standard InChI is InChI=1S/C24H19FN4O2/c1-28(16-5-3-15(25)4-6-16)17-7-8-19-22(13-17)27-29(2)23(19)14-11-20-18(24(30)31)9-10-26-21(20)12-14/h3-10,12-13H,11H2,1-2H3,(H,30,31). The number of pyridine rings is 1. The molecule has 1 N–H and O–H groups in total. The van der Waals surface area contributed by atoms with Crippen LogP contribution in [0.2, 0.25) is 0 Å². The average Bonchev–Trinajstić information content (AvgIpc) is 3.32. The van der Waals surface area contributed by atoms with Crippen LogP contribution < -0.4 is 4.90 Å². The van der Waals surface area contributed by atoms with Crippen molar-refractivity contribution < 1.29 is 14.3 Å². The number of carbonyl (C=O) groups is 1. The summed E-state index contributed by atoms with van der Waals surface area (Å²) < 4.78 is 15.1. The number of carboxylic acids is 1. The van der Waals surface area contributed by atoms with Gasteiger partial charge in [-0.25, -0.2) is 9.18 Å². The fourth-order valence-electron chi connectivity index (χ4n) is 4.17. The topological polar surface area (TPSA) is 71.2 Å². The van der Waals surface area contributed by atoms with E-state index in [1.165, 1.54) is 24.4 Å². The fourth-order valence-corrected chi connectivity index (χ4v) is 4.17. The maximum Gasteiger partial charge on any atom is 0.336 e. The highest BCUT2D eigenvalue weighted by Crippen LogP contribution is 2.37. The van der Waals surface area contributed by atoms with Crippen LogP contribution in [0, 0.1) is 5.82 Å². The van der Waals surface area contributed by atoms with Crippen molar-refractivity contribution in [2.75, 3.05) is 11.9 Å². The monoisotopic (exact) mass is 414 g/mol. The maximum absolute atomic E-state index is 13.2. The van der Waals surface area contributed by atoms with E-state index in [2.05, 4.69) is 10.1 Å². The normalized spacial score (nSPS) is 12.7. The van der Waals surface area contributed by atoms with Crippen LogP contribution >= 0.6 is 0 Å². The summed E-state index contributed by atoms with van der Waals surface area (Å²) >= 11 is 0. The molecule has 31 heavy (non-hydrogen) atoms. The number of benzene rings is 2. The third-order valence-corrected chi connectivity index (χ3v) is 5.72. The van der Waals surface area contributed by atoms with Crippen LogP contribution in [0.25, 0.3) is 22.6 Å². The van der Waals surface area contributed by atoms with Crippen molar-refractivity contribution in [1.82, 2.24) is 14.8 Å². The zero-order valence-corrected chi connectivity index (χ0v) is 17.0. The van der Waals surface area contributed by atoms with Crippen molar-refractivity contribution >= 4 is 39.9 Å². The summed E-state index contributed by atoms with van der Waals surface area (Å²) in [6.07, 6.45) is 3.97. The Kier molecular flexibility index (Phi) is 4.32. The molecule has 0 spiro atoms. The predicted molar refractivity (Wildman–Crippen MR) is 118 cm³/mol. The molecule has 0 fully saturated rings. The van der Waals surface area contributed by atoms with Crippen molar-refractivity contribution in [2.24, 2.45) is 7.05 Å². The molecule has 5 rings (SSSR count). The van der Waals surface area contributed by atoms with Gasteiger partial charge in [0.2, 0.25) is 0 Å². The molecule has 4 aromatic rings. The molecule has 0 radical (unpaired) electrons. The average molecular weight is 414 g/mol. The van der Waals surface area contributed by atoms with Gasteiger partial charge in [-0.2, -0.15) is 5.10 Å². The van der Waals surface area contributed by atoms with Crippen molar-refractivity contribution in [1.29, 1.82) is 0 Å². The number of carboxylic acid groups (broad SMARTS) is 1. The Morgan fingerprint density at radius 3 is 2.61 bits per heavy atom. The zero-order valence-electron chi connectivity index (χ0n) is 17.0. The second kappa shape index (κ2) is 7.05. The third-order valence-electron chi connectivity index (χ3n) is 5.72. The van der Waals surface area contributed by atoms with Gasteiger partial charge in [0.05, 0.1) is 22.5 Å². The number of hydrogen-bond acceptors (Lipinski definition) is 4. The smallest absolute Gasteiger partial charge is 0.336 e. The number of aryl methyl sites for hydroxylation is 1. The van der Waals surface area contributed by atoms with Crippen LogP contribution in [0.4, 0.5) is 15.8 Å². The lowest BCUT2D eigenvalue weighted by Crippen LogP contribution is -2.09. The van der Waals surface area contributed by atoms with Crippen molar-refractivity contribution in [3.05, 3.63) is 83.1 Å². The summed E-state index contributed by atoms with van der Waals surface area (Å²) in [5.41, 5.74) is 6.27. The zero-order chi connectivity index (χ0) is 21.7. The van der Waals surface area contributed by atoms with E-state index in [-0.39, 0.29) is 11.4 Å². The number of nitrogens with zero attached hydrogens (tertiary/aromatic N) is 4. The summed E-state index contributed by atoms with van der Waals surface area (Å²) in [5, 5.41) is 15.2. The molecule has 0 bridgehead atoms. The van der Waals surface area contributed by atoms with Gasteiger partial charge in [0.1, 0.15) is 5.82 Å². The van der Waals surface area contributed by atoms with Gasteiger partial charge >= 0.3 is 5.97 Å². The van der Waals surface area contributed by atoms with Gasteiger partial charge in [-0.3, -0.25) is 9.67 Å². The van der Waals surface area contributed by atoms with E-state index in [4.69, 9.17) is 0 Å². The Morgan fingerprint density at radius 2 is 1.87 bits per heavy atom. The van der Waals surface area contributed by atoms with E-state index in [1.807, 2.05) is 48.0 Å². The molecule has 0 atom stereocenters. The highest BCUT2D eigenvalue weighted by Gasteiger charge is 2.24. The largest absolute Gasteiger partial charge is 0.478 e. The van der Waals surface area contributed by atoms with Gasteiger partial charge in [0.25, 0.3) is 0 Å². The number of hydrogen-bond donors (Lipinski definition) is 1. The molecule has 7 heteroatoms. The van der Waals surface area contributed by atoms with E-state index in [9.17, 15) is 14.3 Å². The Morgan fingerprint density at radius 1 is 1.13 bits per heavy atom. The molecule has 2 aromatic heterocycles. The van der Waals surface area contributed by atoms with E-state index in [0.29, 0.717) is 12.1 Å². The van der Waals surface area contributed by atoms with Crippen LogP contribution in [0.3, 0.4) is 0 Å². The van der Waals surface area contributed by atoms with Crippen LogP contribution in [-0.2, 0) is 13.5 Å². The maximum atomic E-state index is 13.2. The van der Waals surface area contributed by atoms with Gasteiger partial charge in [0, 0.05) is 43.5 Å². The Balaban J connectivity index is 1.53. The number of rotatable bonds is 4. The number of halogens is 1. The minimum absolute atomic E-state index is 0.270. The molecule has 154 valence electrons.